The second-order valence-electron chi connectivity index (χ2n) is 15.4. The van der Waals surface area contributed by atoms with Gasteiger partial charge >= 0.3 is 5.97 Å². The van der Waals surface area contributed by atoms with Crippen molar-refractivity contribution < 1.29 is 32.9 Å². The maximum atomic E-state index is 13.1. The van der Waals surface area contributed by atoms with Crippen LogP contribution in [0.15, 0.2) is 49.1 Å². The molecule has 0 unspecified atom stereocenters. The van der Waals surface area contributed by atoms with E-state index in [0.29, 0.717) is 42.2 Å². The molecule has 10 heteroatoms. The number of carbonyl (C=O) groups is 1. The minimum absolute atomic E-state index is 0.114. The number of hydrogen-bond acceptors (Lipinski definition) is 8. The number of carbonyl (C=O) groups excluding carboxylic acids is 1. The largest absolute Gasteiger partial charge is 0.492 e. The van der Waals surface area contributed by atoms with Crippen LogP contribution in [0.5, 0.6) is 11.5 Å². The fourth-order valence-electron chi connectivity index (χ4n) is 5.56. The smallest absolute Gasteiger partial charge is 0.345 e. The Morgan fingerprint density at radius 3 is 2.43 bits per heavy atom. The number of cyclic esters (lactones) is 1. The third-order valence-electron chi connectivity index (χ3n) is 9.33. The van der Waals surface area contributed by atoms with Crippen LogP contribution in [0.2, 0.25) is 18.1 Å². The summed E-state index contributed by atoms with van der Waals surface area (Å²) in [4.78, 5) is 17.2. The van der Waals surface area contributed by atoms with Gasteiger partial charge in [-0.25, -0.2) is 9.78 Å². The lowest BCUT2D eigenvalue weighted by molar-refractivity contribution is -0.148. The van der Waals surface area contributed by atoms with Crippen molar-refractivity contribution >= 4 is 20.4 Å². The molecule has 2 aliphatic heterocycles. The van der Waals surface area contributed by atoms with Gasteiger partial charge in [-0.3, -0.25) is 0 Å². The van der Waals surface area contributed by atoms with Crippen LogP contribution < -0.4 is 9.47 Å². The first-order chi connectivity index (χ1) is 21.8. The van der Waals surface area contributed by atoms with Gasteiger partial charge in [0.2, 0.25) is 5.79 Å². The fraction of sp³-hybridized carbons (Fsp3) is 0.622. The third kappa shape index (κ3) is 9.59. The number of fused-ring (bicyclic) bond motifs is 1. The van der Waals surface area contributed by atoms with E-state index >= 15 is 0 Å². The zero-order chi connectivity index (χ0) is 34.8. The molecule has 47 heavy (non-hydrogen) atoms. The van der Waals surface area contributed by atoms with E-state index in [9.17, 15) is 4.79 Å². The summed E-state index contributed by atoms with van der Waals surface area (Å²) in [5.41, 5.74) is 1.04. The van der Waals surface area contributed by atoms with E-state index in [1.807, 2.05) is 42.8 Å². The lowest BCUT2D eigenvalue weighted by Gasteiger charge is -2.39. The summed E-state index contributed by atoms with van der Waals surface area (Å²) in [5, 5.41) is 0.164. The molecule has 1 saturated heterocycles. The molecular formula is C37H56N2O7Si. The van der Waals surface area contributed by atoms with Crippen molar-refractivity contribution in [3.05, 3.63) is 60.2 Å². The van der Waals surface area contributed by atoms with Crippen LogP contribution in [0.1, 0.15) is 91.6 Å². The molecule has 1 aromatic heterocycles. The molecule has 3 heterocycles. The molecule has 0 amide bonds. The average Bonchev–Trinajstić information content (AvgIpc) is 3.56. The Balaban J connectivity index is 1.47. The molecule has 2 aliphatic rings. The van der Waals surface area contributed by atoms with Crippen LogP contribution in [0.25, 0.3) is 6.08 Å². The first-order valence-corrected chi connectivity index (χ1v) is 19.7. The summed E-state index contributed by atoms with van der Waals surface area (Å²) >= 11 is 0. The van der Waals surface area contributed by atoms with Gasteiger partial charge in [0.1, 0.15) is 23.7 Å². The van der Waals surface area contributed by atoms with Gasteiger partial charge in [0, 0.05) is 44.3 Å². The van der Waals surface area contributed by atoms with E-state index in [2.05, 4.69) is 71.8 Å². The number of hydrogen-bond donors (Lipinski definition) is 0. The Morgan fingerprint density at radius 1 is 1.04 bits per heavy atom. The Bertz CT molecular complexity index is 1420. The zero-order valence-corrected chi connectivity index (χ0v) is 31.5. The maximum absolute atomic E-state index is 13.1. The van der Waals surface area contributed by atoms with E-state index in [1.165, 1.54) is 0 Å². The molecule has 9 nitrogen and oxygen atoms in total. The molecule has 0 radical (unpaired) electrons. The van der Waals surface area contributed by atoms with E-state index in [4.69, 9.17) is 28.1 Å². The molecule has 0 saturated carbocycles. The van der Waals surface area contributed by atoms with Crippen LogP contribution >= 0.6 is 0 Å². The number of rotatable bonds is 13. The molecule has 2 aromatic rings. The second-order valence-corrected chi connectivity index (χ2v) is 20.1. The van der Waals surface area contributed by atoms with Crippen molar-refractivity contribution in [3.63, 3.8) is 0 Å². The first kappa shape index (κ1) is 36.9. The SMILES string of the molecule is C[C@H](/C=C\[C@@H](C)[C@H](C)O[Si](C)(C)C(C)(C)C)[C@H]1OC(C)(C)O[C@H]1C/C=C/c1cc(OCCn2ccnc2)cc2c1C(=O)OC(C)(C)O2. The van der Waals surface area contributed by atoms with Crippen molar-refractivity contribution in [2.45, 2.75) is 130 Å². The summed E-state index contributed by atoms with van der Waals surface area (Å²) in [6, 6.07) is 3.60. The Morgan fingerprint density at radius 2 is 1.77 bits per heavy atom. The van der Waals surface area contributed by atoms with Crippen molar-refractivity contribution in [1.29, 1.82) is 0 Å². The maximum Gasteiger partial charge on any atom is 0.345 e. The standard InChI is InChI=1S/C37H56N2O7Si/c1-25(27(3)46-47(11,12)35(4,5)6)16-17-26(2)33-30(42-36(7,8)44-33)15-13-14-28-22-29(41-21-20-39-19-18-38-24-39)23-31-32(28)34(40)45-37(9,10)43-31/h13-14,16-19,22-27,30,33H,15,20-21H2,1-12H3/b14-13+,17-16-/t25-,26-,27+,30+,33-/m1/s1. The van der Waals surface area contributed by atoms with Crippen LogP contribution in [0, 0.1) is 11.8 Å². The number of ether oxygens (including phenoxy) is 5. The number of benzene rings is 1. The lowest BCUT2D eigenvalue weighted by Crippen LogP contribution is -2.44. The summed E-state index contributed by atoms with van der Waals surface area (Å²) in [6.07, 6.45) is 14.2. The second kappa shape index (κ2) is 14.3. The van der Waals surface area contributed by atoms with Gasteiger partial charge in [-0.15, -0.1) is 0 Å². The van der Waals surface area contributed by atoms with Crippen LogP contribution in [0.3, 0.4) is 0 Å². The molecular weight excluding hydrogens is 613 g/mol. The molecule has 1 aromatic carbocycles. The normalized spacial score (nSPS) is 22.9. The highest BCUT2D eigenvalue weighted by atomic mass is 28.4. The quantitative estimate of drug-likeness (QED) is 0.119. The lowest BCUT2D eigenvalue weighted by atomic mass is 9.94. The van der Waals surface area contributed by atoms with Gasteiger partial charge in [0.15, 0.2) is 14.1 Å². The topological polar surface area (TPSA) is 90.3 Å². The zero-order valence-electron chi connectivity index (χ0n) is 30.5. The van der Waals surface area contributed by atoms with E-state index in [-0.39, 0.29) is 35.2 Å². The summed E-state index contributed by atoms with van der Waals surface area (Å²) in [7, 11) is -1.86. The number of nitrogens with zero attached hydrogens (tertiary/aromatic N) is 2. The van der Waals surface area contributed by atoms with Crippen molar-refractivity contribution in [1.82, 2.24) is 9.55 Å². The van der Waals surface area contributed by atoms with E-state index < -0.39 is 25.9 Å². The molecule has 260 valence electrons. The van der Waals surface area contributed by atoms with Crippen LogP contribution in [-0.4, -0.2) is 60.3 Å². The third-order valence-corrected chi connectivity index (χ3v) is 13.9. The summed E-state index contributed by atoms with van der Waals surface area (Å²) < 4.78 is 39.1. The molecule has 0 aliphatic carbocycles. The Kier molecular flexibility index (Phi) is 11.2. The average molecular weight is 669 g/mol. The molecule has 5 atom stereocenters. The predicted molar refractivity (Wildman–Crippen MR) is 187 cm³/mol. The molecule has 0 bridgehead atoms. The van der Waals surface area contributed by atoms with E-state index in [0.717, 1.165) is 0 Å². The van der Waals surface area contributed by atoms with Crippen molar-refractivity contribution in [3.8, 4) is 11.5 Å². The monoisotopic (exact) mass is 668 g/mol. The molecule has 0 N–H and O–H groups in total. The van der Waals surface area contributed by atoms with Gasteiger partial charge in [-0.2, -0.15) is 0 Å². The highest BCUT2D eigenvalue weighted by molar-refractivity contribution is 6.74. The molecule has 1 fully saturated rings. The van der Waals surface area contributed by atoms with Gasteiger partial charge in [-0.1, -0.05) is 58.9 Å². The fourth-order valence-corrected chi connectivity index (χ4v) is 7.06. The minimum Gasteiger partial charge on any atom is -0.492 e. The van der Waals surface area contributed by atoms with Gasteiger partial charge in [0.05, 0.1) is 25.1 Å². The van der Waals surface area contributed by atoms with Crippen molar-refractivity contribution in [2.24, 2.45) is 11.8 Å². The molecule has 0 spiro atoms. The van der Waals surface area contributed by atoms with Gasteiger partial charge in [0.25, 0.3) is 0 Å². The van der Waals surface area contributed by atoms with Gasteiger partial charge in [-0.05, 0) is 62.9 Å². The van der Waals surface area contributed by atoms with Gasteiger partial charge < -0.3 is 32.7 Å². The Hall–Kier alpha value is -2.92. The predicted octanol–water partition coefficient (Wildman–Crippen LogP) is 8.41. The van der Waals surface area contributed by atoms with E-state index in [1.54, 1.807) is 32.4 Å². The summed E-state index contributed by atoms with van der Waals surface area (Å²) in [5.74, 6) is -0.806. The summed E-state index contributed by atoms with van der Waals surface area (Å²) in [6.45, 7) is 26.4. The number of aromatic nitrogens is 2. The highest BCUT2D eigenvalue weighted by Gasteiger charge is 2.43. The van der Waals surface area contributed by atoms with Crippen LogP contribution in [0.4, 0.5) is 0 Å². The highest BCUT2D eigenvalue weighted by Crippen LogP contribution is 2.40. The number of imidazole rings is 1. The number of esters is 1. The first-order valence-electron chi connectivity index (χ1n) is 16.8. The minimum atomic E-state index is -1.86. The Labute approximate surface area is 282 Å². The van der Waals surface area contributed by atoms with Crippen molar-refractivity contribution in [2.75, 3.05) is 6.61 Å². The van der Waals surface area contributed by atoms with Crippen LogP contribution in [-0.2, 0) is 25.2 Å². The molecule has 4 rings (SSSR count).